The highest BCUT2D eigenvalue weighted by atomic mass is 19.1. The molecule has 0 radical (unpaired) electrons. The predicted octanol–water partition coefficient (Wildman–Crippen LogP) is 2.96. The molecule has 88 valence electrons. The van der Waals surface area contributed by atoms with E-state index in [4.69, 9.17) is 4.74 Å². The van der Waals surface area contributed by atoms with Gasteiger partial charge in [-0.15, -0.1) is 0 Å². The Kier molecular flexibility index (Phi) is 4.76. The van der Waals surface area contributed by atoms with E-state index in [1.54, 1.807) is 0 Å². The van der Waals surface area contributed by atoms with Gasteiger partial charge in [0, 0.05) is 12.5 Å². The summed E-state index contributed by atoms with van der Waals surface area (Å²) in [7, 11) is 1.48. The number of hydrogen-bond acceptors (Lipinski definition) is 2. The Balaban J connectivity index is 2.71. The summed E-state index contributed by atoms with van der Waals surface area (Å²) in [6, 6.07) is 4.04. The van der Waals surface area contributed by atoms with E-state index in [0.717, 1.165) is 12.8 Å². The van der Waals surface area contributed by atoms with E-state index in [1.807, 2.05) is 6.92 Å². The number of methoxy groups -OCH3 is 1. The van der Waals surface area contributed by atoms with Crippen LogP contribution in [0.3, 0.4) is 0 Å². The maximum Gasteiger partial charge on any atom is 0.224 e. The van der Waals surface area contributed by atoms with Crippen LogP contribution in [0, 0.1) is 5.82 Å². The van der Waals surface area contributed by atoms with Gasteiger partial charge < -0.3 is 10.1 Å². The van der Waals surface area contributed by atoms with Crippen LogP contribution in [-0.4, -0.2) is 13.0 Å². The average molecular weight is 225 g/mol. The normalized spacial score (nSPS) is 9.94. The molecule has 0 aliphatic carbocycles. The molecule has 0 saturated carbocycles. The molecule has 0 aliphatic heterocycles. The first kappa shape index (κ1) is 12.5. The number of hydrogen-bond donors (Lipinski definition) is 1. The summed E-state index contributed by atoms with van der Waals surface area (Å²) in [5.41, 5.74) is 0.378. The van der Waals surface area contributed by atoms with Crippen molar-refractivity contribution >= 4 is 11.6 Å². The van der Waals surface area contributed by atoms with Crippen molar-refractivity contribution in [2.24, 2.45) is 0 Å². The number of anilines is 1. The summed E-state index contributed by atoms with van der Waals surface area (Å²) in [5, 5.41) is 2.63. The molecular weight excluding hydrogens is 209 g/mol. The van der Waals surface area contributed by atoms with E-state index in [1.165, 1.54) is 25.3 Å². The summed E-state index contributed by atoms with van der Waals surface area (Å²) in [5.74, 6) is -0.0522. The van der Waals surface area contributed by atoms with Crippen LogP contribution in [0.2, 0.25) is 0 Å². The Bertz CT molecular complexity index is 366. The highest BCUT2D eigenvalue weighted by Gasteiger charge is 2.08. The monoisotopic (exact) mass is 225 g/mol. The smallest absolute Gasteiger partial charge is 0.224 e. The molecule has 16 heavy (non-hydrogen) atoms. The molecule has 0 aromatic heterocycles. The quantitative estimate of drug-likeness (QED) is 0.836. The van der Waals surface area contributed by atoms with Crippen LogP contribution in [0.15, 0.2) is 18.2 Å². The summed E-state index contributed by atoms with van der Waals surface area (Å²) >= 11 is 0. The molecule has 1 amide bonds. The SMILES string of the molecule is CCCCC(=O)Nc1cc(F)ccc1OC. The van der Waals surface area contributed by atoms with Crippen LogP contribution in [0.5, 0.6) is 5.75 Å². The minimum absolute atomic E-state index is 0.120. The molecule has 0 unspecified atom stereocenters. The Labute approximate surface area is 94.6 Å². The largest absolute Gasteiger partial charge is 0.495 e. The first-order chi connectivity index (χ1) is 7.67. The number of nitrogens with one attached hydrogen (secondary N) is 1. The van der Waals surface area contributed by atoms with Gasteiger partial charge in [-0.2, -0.15) is 0 Å². The third-order valence-electron chi connectivity index (χ3n) is 2.19. The Hall–Kier alpha value is -1.58. The van der Waals surface area contributed by atoms with Crippen molar-refractivity contribution in [3.63, 3.8) is 0 Å². The van der Waals surface area contributed by atoms with Gasteiger partial charge >= 0.3 is 0 Å². The molecule has 0 aliphatic rings. The minimum Gasteiger partial charge on any atom is -0.495 e. The van der Waals surface area contributed by atoms with Crippen LogP contribution >= 0.6 is 0 Å². The minimum atomic E-state index is -0.397. The number of carbonyl (C=O) groups excluding carboxylic acids is 1. The molecule has 1 aromatic rings. The number of carbonyl (C=O) groups is 1. The fourth-order valence-electron chi connectivity index (χ4n) is 1.33. The zero-order valence-corrected chi connectivity index (χ0v) is 9.55. The molecule has 1 aromatic carbocycles. The van der Waals surface area contributed by atoms with Gasteiger partial charge in [-0.1, -0.05) is 13.3 Å². The number of benzene rings is 1. The lowest BCUT2D eigenvalue weighted by Gasteiger charge is -2.09. The zero-order chi connectivity index (χ0) is 12.0. The lowest BCUT2D eigenvalue weighted by molar-refractivity contribution is -0.116. The number of ether oxygens (including phenoxy) is 1. The van der Waals surface area contributed by atoms with Crippen LogP contribution in [-0.2, 0) is 4.79 Å². The Morgan fingerprint density at radius 3 is 2.88 bits per heavy atom. The highest BCUT2D eigenvalue weighted by Crippen LogP contribution is 2.24. The van der Waals surface area contributed by atoms with Crippen LogP contribution in [0.1, 0.15) is 26.2 Å². The summed E-state index contributed by atoms with van der Waals surface area (Å²) in [6.45, 7) is 2.01. The first-order valence-electron chi connectivity index (χ1n) is 5.30. The highest BCUT2D eigenvalue weighted by molar-refractivity contribution is 5.92. The van der Waals surface area contributed by atoms with E-state index < -0.39 is 5.82 Å². The van der Waals surface area contributed by atoms with Crippen LogP contribution in [0.4, 0.5) is 10.1 Å². The molecule has 1 rings (SSSR count). The van der Waals surface area contributed by atoms with Crippen molar-refractivity contribution < 1.29 is 13.9 Å². The van der Waals surface area contributed by atoms with Gasteiger partial charge in [0.15, 0.2) is 0 Å². The van der Waals surface area contributed by atoms with Gasteiger partial charge in [0.05, 0.1) is 12.8 Å². The van der Waals surface area contributed by atoms with E-state index in [9.17, 15) is 9.18 Å². The van der Waals surface area contributed by atoms with E-state index in [-0.39, 0.29) is 5.91 Å². The van der Waals surface area contributed by atoms with Crippen LogP contribution in [0.25, 0.3) is 0 Å². The van der Waals surface area contributed by atoms with Gasteiger partial charge in [-0.3, -0.25) is 4.79 Å². The summed E-state index contributed by atoms with van der Waals surface area (Å²) in [6.07, 6.45) is 2.22. The first-order valence-corrected chi connectivity index (χ1v) is 5.30. The van der Waals surface area contributed by atoms with Crippen molar-refractivity contribution in [1.29, 1.82) is 0 Å². The molecule has 0 spiro atoms. The predicted molar refractivity (Wildman–Crippen MR) is 61.1 cm³/mol. The van der Waals surface area contributed by atoms with Crippen molar-refractivity contribution in [1.82, 2.24) is 0 Å². The van der Waals surface area contributed by atoms with Crippen LogP contribution < -0.4 is 10.1 Å². The van der Waals surface area contributed by atoms with Gasteiger partial charge in [0.1, 0.15) is 11.6 Å². The fraction of sp³-hybridized carbons (Fsp3) is 0.417. The van der Waals surface area contributed by atoms with Gasteiger partial charge in [0.2, 0.25) is 5.91 Å². The maximum atomic E-state index is 13.0. The molecule has 4 heteroatoms. The Morgan fingerprint density at radius 2 is 2.25 bits per heavy atom. The topological polar surface area (TPSA) is 38.3 Å². The van der Waals surface area contributed by atoms with Crippen molar-refractivity contribution in [3.8, 4) is 5.75 Å². The summed E-state index contributed by atoms with van der Waals surface area (Å²) < 4.78 is 18.0. The number of amides is 1. The molecule has 0 bridgehead atoms. The lowest BCUT2D eigenvalue weighted by atomic mass is 10.2. The third kappa shape index (κ3) is 3.53. The fourth-order valence-corrected chi connectivity index (χ4v) is 1.33. The molecule has 0 saturated heterocycles. The van der Waals surface area contributed by atoms with E-state index in [0.29, 0.717) is 17.9 Å². The number of halogens is 1. The summed E-state index contributed by atoms with van der Waals surface area (Å²) in [4.78, 5) is 11.5. The second-order valence-corrected chi connectivity index (χ2v) is 3.50. The molecule has 0 atom stereocenters. The zero-order valence-electron chi connectivity index (χ0n) is 9.55. The number of unbranched alkanes of at least 4 members (excludes halogenated alkanes) is 1. The standard InChI is InChI=1S/C12H16FNO2/c1-3-4-5-12(15)14-10-8-9(13)6-7-11(10)16-2/h6-8H,3-5H2,1-2H3,(H,14,15). The van der Waals surface area contributed by atoms with Crippen molar-refractivity contribution in [3.05, 3.63) is 24.0 Å². The van der Waals surface area contributed by atoms with Crippen molar-refractivity contribution in [2.75, 3.05) is 12.4 Å². The second-order valence-electron chi connectivity index (χ2n) is 3.50. The Morgan fingerprint density at radius 1 is 1.50 bits per heavy atom. The van der Waals surface area contributed by atoms with Gasteiger partial charge in [0.25, 0.3) is 0 Å². The van der Waals surface area contributed by atoms with Crippen molar-refractivity contribution in [2.45, 2.75) is 26.2 Å². The average Bonchev–Trinajstić information content (AvgIpc) is 2.27. The van der Waals surface area contributed by atoms with E-state index >= 15 is 0 Å². The molecule has 0 heterocycles. The second kappa shape index (κ2) is 6.10. The lowest BCUT2D eigenvalue weighted by Crippen LogP contribution is -2.12. The van der Waals surface area contributed by atoms with Gasteiger partial charge in [-0.05, 0) is 18.6 Å². The molecule has 1 N–H and O–H groups in total. The number of rotatable bonds is 5. The van der Waals surface area contributed by atoms with Gasteiger partial charge in [-0.25, -0.2) is 4.39 Å². The third-order valence-corrected chi connectivity index (χ3v) is 2.19. The van der Waals surface area contributed by atoms with E-state index in [2.05, 4.69) is 5.32 Å². The maximum absolute atomic E-state index is 13.0. The molecule has 3 nitrogen and oxygen atoms in total. The molecule has 0 fully saturated rings. The molecular formula is C12H16FNO2.